The number of hydrogen-bond acceptors (Lipinski definition) is 4. The van der Waals surface area contributed by atoms with Gasteiger partial charge in [-0.2, -0.15) is 0 Å². The van der Waals surface area contributed by atoms with Crippen LogP contribution in [0.5, 0.6) is 5.75 Å². The fourth-order valence-corrected chi connectivity index (χ4v) is 3.74. The molecule has 3 rings (SSSR count). The minimum atomic E-state index is 0.292. The van der Waals surface area contributed by atoms with E-state index in [-0.39, 0.29) is 0 Å². The van der Waals surface area contributed by atoms with E-state index in [0.29, 0.717) is 25.0 Å². The molecule has 1 unspecified atom stereocenters. The molecule has 1 atom stereocenters. The number of rotatable bonds is 9. The van der Waals surface area contributed by atoms with Crippen LogP contribution in [0.15, 0.2) is 47.8 Å². The molecule has 128 valence electrons. The average Bonchev–Trinajstić information content (AvgIpc) is 3.24. The maximum Gasteiger partial charge on any atom is 0.223 e. The number of carbonyl (C=O) groups excluding carboxylic acids is 1. The molecule has 1 aliphatic heterocycles. The molecule has 0 saturated carbocycles. The first-order valence-corrected chi connectivity index (χ1v) is 9.41. The molecule has 1 aromatic carbocycles. The van der Waals surface area contributed by atoms with Crippen molar-refractivity contribution in [3.63, 3.8) is 0 Å². The van der Waals surface area contributed by atoms with Crippen molar-refractivity contribution in [2.24, 2.45) is 0 Å². The zero-order valence-corrected chi connectivity index (χ0v) is 14.6. The van der Waals surface area contributed by atoms with Gasteiger partial charge in [-0.05, 0) is 43.0 Å². The summed E-state index contributed by atoms with van der Waals surface area (Å²) in [6, 6.07) is 14.4. The van der Waals surface area contributed by atoms with Crippen LogP contribution in [0.25, 0.3) is 0 Å². The number of likely N-dealkylation sites (tertiary alicyclic amines) is 1. The van der Waals surface area contributed by atoms with Crippen molar-refractivity contribution >= 4 is 17.2 Å². The first kappa shape index (κ1) is 17.0. The van der Waals surface area contributed by atoms with Crippen LogP contribution in [0.3, 0.4) is 0 Å². The van der Waals surface area contributed by atoms with Gasteiger partial charge in [-0.3, -0.25) is 4.79 Å². The number of benzene rings is 1. The highest BCUT2D eigenvalue weighted by atomic mass is 32.1. The topological polar surface area (TPSA) is 41.6 Å². The van der Waals surface area contributed by atoms with Crippen LogP contribution in [0.4, 0.5) is 0 Å². The Morgan fingerprint density at radius 3 is 2.83 bits per heavy atom. The molecule has 0 aliphatic carbocycles. The summed E-state index contributed by atoms with van der Waals surface area (Å²) in [5, 5.41) is 5.49. The van der Waals surface area contributed by atoms with E-state index in [1.165, 1.54) is 4.88 Å². The fraction of sp³-hybridized carbons (Fsp3) is 0.421. The van der Waals surface area contributed by atoms with Crippen molar-refractivity contribution in [3.05, 3.63) is 52.7 Å². The minimum absolute atomic E-state index is 0.292. The molecule has 5 heteroatoms. The maximum absolute atomic E-state index is 12.1. The lowest BCUT2D eigenvalue weighted by Crippen LogP contribution is -2.35. The molecule has 2 aromatic rings. The Balaban J connectivity index is 1.34. The summed E-state index contributed by atoms with van der Waals surface area (Å²) in [7, 11) is 0. The van der Waals surface area contributed by atoms with E-state index in [1.54, 1.807) is 11.3 Å². The first-order valence-electron chi connectivity index (χ1n) is 8.53. The number of nitrogens with one attached hydrogen (secondary N) is 1. The predicted octanol–water partition coefficient (Wildman–Crippen LogP) is 3.30. The molecule has 24 heavy (non-hydrogen) atoms. The zero-order valence-electron chi connectivity index (χ0n) is 13.8. The molecule has 1 aromatic heterocycles. The second kappa shape index (κ2) is 8.85. The van der Waals surface area contributed by atoms with Crippen LogP contribution >= 0.6 is 11.3 Å². The van der Waals surface area contributed by atoms with Gasteiger partial charge in [-0.1, -0.05) is 24.3 Å². The number of nitrogens with zero attached hydrogens (tertiary/aromatic N) is 1. The van der Waals surface area contributed by atoms with Crippen LogP contribution in [0.1, 0.15) is 24.1 Å². The molecular weight excluding hydrogens is 320 g/mol. The van der Waals surface area contributed by atoms with Crippen molar-refractivity contribution in [3.8, 4) is 5.75 Å². The summed E-state index contributed by atoms with van der Waals surface area (Å²) >= 11 is 1.72. The Morgan fingerprint density at radius 2 is 2.04 bits per heavy atom. The summed E-state index contributed by atoms with van der Waals surface area (Å²) in [6.45, 7) is 3.16. The Morgan fingerprint density at radius 1 is 1.17 bits per heavy atom. The maximum atomic E-state index is 12.1. The molecule has 0 spiro atoms. The third-order valence-electron chi connectivity index (χ3n) is 4.30. The van der Waals surface area contributed by atoms with E-state index < -0.39 is 0 Å². The van der Waals surface area contributed by atoms with E-state index in [9.17, 15) is 4.79 Å². The van der Waals surface area contributed by atoms with Crippen molar-refractivity contribution in [2.45, 2.75) is 31.8 Å². The van der Waals surface area contributed by atoms with Crippen molar-refractivity contribution in [2.75, 3.05) is 19.7 Å². The van der Waals surface area contributed by atoms with Crippen molar-refractivity contribution in [1.29, 1.82) is 0 Å². The number of para-hydroxylation sites is 1. The van der Waals surface area contributed by atoms with E-state index in [4.69, 9.17) is 4.74 Å². The van der Waals surface area contributed by atoms with Crippen LogP contribution in [0.2, 0.25) is 0 Å². The molecule has 0 radical (unpaired) electrons. The first-order chi connectivity index (χ1) is 11.8. The summed E-state index contributed by atoms with van der Waals surface area (Å²) in [5.74, 6) is 1.20. The van der Waals surface area contributed by atoms with Gasteiger partial charge in [0.15, 0.2) is 0 Å². The van der Waals surface area contributed by atoms with Gasteiger partial charge >= 0.3 is 0 Å². The Labute approximate surface area is 147 Å². The highest BCUT2D eigenvalue weighted by molar-refractivity contribution is 7.09. The fourth-order valence-electron chi connectivity index (χ4n) is 3.03. The standard InChI is InChI=1S/C19H24N2O2S/c22-19-9-8-16(21(19)15-18-7-4-14-24-18)10-11-20-12-13-23-17-5-2-1-3-6-17/h1-7,14,16,20H,8-13,15H2. The quantitative estimate of drug-likeness (QED) is 0.710. The van der Waals surface area contributed by atoms with E-state index >= 15 is 0 Å². The normalized spacial score (nSPS) is 17.4. The molecule has 1 saturated heterocycles. The summed E-state index contributed by atoms with van der Waals surface area (Å²) in [6.07, 6.45) is 2.67. The van der Waals surface area contributed by atoms with Crippen molar-refractivity contribution in [1.82, 2.24) is 10.2 Å². The van der Waals surface area contributed by atoms with E-state index in [2.05, 4.69) is 16.8 Å². The molecule has 2 heterocycles. The third-order valence-corrected chi connectivity index (χ3v) is 5.17. The number of carbonyl (C=O) groups is 1. The van der Waals surface area contributed by atoms with Gasteiger partial charge in [0.05, 0.1) is 6.54 Å². The van der Waals surface area contributed by atoms with Gasteiger partial charge in [-0.15, -0.1) is 11.3 Å². The lowest BCUT2D eigenvalue weighted by Gasteiger charge is -2.24. The number of amides is 1. The van der Waals surface area contributed by atoms with Gasteiger partial charge in [0.25, 0.3) is 0 Å². The lowest BCUT2D eigenvalue weighted by atomic mass is 10.1. The smallest absolute Gasteiger partial charge is 0.223 e. The minimum Gasteiger partial charge on any atom is -0.492 e. The van der Waals surface area contributed by atoms with Crippen LogP contribution in [-0.2, 0) is 11.3 Å². The van der Waals surface area contributed by atoms with Gasteiger partial charge in [0.1, 0.15) is 12.4 Å². The summed E-state index contributed by atoms with van der Waals surface area (Å²) in [5.41, 5.74) is 0. The number of thiophene rings is 1. The summed E-state index contributed by atoms with van der Waals surface area (Å²) < 4.78 is 5.66. The lowest BCUT2D eigenvalue weighted by molar-refractivity contribution is -0.129. The largest absolute Gasteiger partial charge is 0.492 e. The monoisotopic (exact) mass is 344 g/mol. The molecule has 0 bridgehead atoms. The van der Waals surface area contributed by atoms with Gasteiger partial charge in [0, 0.05) is 23.9 Å². The van der Waals surface area contributed by atoms with Gasteiger partial charge < -0.3 is 15.0 Å². The van der Waals surface area contributed by atoms with Crippen molar-refractivity contribution < 1.29 is 9.53 Å². The number of ether oxygens (including phenoxy) is 1. The van der Waals surface area contributed by atoms with E-state index in [0.717, 1.165) is 38.2 Å². The van der Waals surface area contributed by atoms with Crippen LogP contribution < -0.4 is 10.1 Å². The molecule has 1 fully saturated rings. The molecule has 1 N–H and O–H groups in total. The highest BCUT2D eigenvalue weighted by Gasteiger charge is 2.30. The highest BCUT2D eigenvalue weighted by Crippen LogP contribution is 2.24. The van der Waals surface area contributed by atoms with E-state index in [1.807, 2.05) is 41.3 Å². The van der Waals surface area contributed by atoms with Crippen LogP contribution in [0, 0.1) is 0 Å². The molecule has 4 nitrogen and oxygen atoms in total. The predicted molar refractivity (Wildman–Crippen MR) is 97.3 cm³/mol. The Hall–Kier alpha value is -1.85. The van der Waals surface area contributed by atoms with Gasteiger partial charge in [0.2, 0.25) is 5.91 Å². The average molecular weight is 344 g/mol. The Bertz CT molecular complexity index is 616. The Kier molecular flexibility index (Phi) is 6.26. The molecular formula is C19H24N2O2S. The van der Waals surface area contributed by atoms with Crippen LogP contribution in [-0.4, -0.2) is 36.5 Å². The number of hydrogen-bond donors (Lipinski definition) is 1. The van der Waals surface area contributed by atoms with Gasteiger partial charge in [-0.25, -0.2) is 0 Å². The SMILES string of the molecule is O=C1CCC(CCNCCOc2ccccc2)N1Cc1cccs1. The second-order valence-electron chi connectivity index (χ2n) is 5.99. The third kappa shape index (κ3) is 4.82. The second-order valence-corrected chi connectivity index (χ2v) is 7.03. The molecule has 1 amide bonds. The molecule has 1 aliphatic rings. The summed E-state index contributed by atoms with van der Waals surface area (Å²) in [4.78, 5) is 15.4. The zero-order chi connectivity index (χ0) is 16.6.